The van der Waals surface area contributed by atoms with Crippen molar-refractivity contribution in [2.45, 2.75) is 25.3 Å². The first kappa shape index (κ1) is 11.2. The topological polar surface area (TPSA) is 16.1 Å². The molecule has 1 aliphatic rings. The molecule has 1 aliphatic heterocycles. The van der Waals surface area contributed by atoms with Gasteiger partial charge in [0.15, 0.2) is 0 Å². The Hall–Kier alpha value is -0.280. The van der Waals surface area contributed by atoms with E-state index in [0.717, 1.165) is 22.6 Å². The molecule has 0 saturated carbocycles. The van der Waals surface area contributed by atoms with Gasteiger partial charge in [-0.3, -0.25) is 4.98 Å². The molecule has 0 aromatic carbocycles. The molecule has 15 heavy (non-hydrogen) atoms. The van der Waals surface area contributed by atoms with E-state index in [-0.39, 0.29) is 0 Å². The van der Waals surface area contributed by atoms with Crippen molar-refractivity contribution in [1.82, 2.24) is 4.98 Å². The molecule has 0 radical (unpaired) electrons. The van der Waals surface area contributed by atoms with Crippen molar-refractivity contribution in [2.24, 2.45) is 0 Å². The van der Waals surface area contributed by atoms with Crippen LogP contribution in [0.3, 0.4) is 0 Å². The lowest BCUT2D eigenvalue weighted by Crippen LogP contribution is -2.40. The van der Waals surface area contributed by atoms with Gasteiger partial charge >= 0.3 is 0 Å². The van der Waals surface area contributed by atoms with Crippen molar-refractivity contribution in [1.29, 1.82) is 0 Å². The van der Waals surface area contributed by atoms with Gasteiger partial charge in [-0.15, -0.1) is 0 Å². The van der Waals surface area contributed by atoms with Gasteiger partial charge in [-0.2, -0.15) is 0 Å². The SMILES string of the molecule is Clc1cnccc1N1CCCCC1CBr. The third-order valence-corrected chi connectivity index (χ3v) is 3.90. The van der Waals surface area contributed by atoms with Gasteiger partial charge in [0.25, 0.3) is 0 Å². The van der Waals surface area contributed by atoms with E-state index < -0.39 is 0 Å². The van der Waals surface area contributed by atoms with Crippen molar-refractivity contribution in [2.75, 3.05) is 16.8 Å². The van der Waals surface area contributed by atoms with Crippen molar-refractivity contribution in [3.63, 3.8) is 0 Å². The number of pyridine rings is 1. The van der Waals surface area contributed by atoms with Crippen LogP contribution in [0, 0.1) is 0 Å². The number of rotatable bonds is 2. The summed E-state index contributed by atoms with van der Waals surface area (Å²) >= 11 is 9.73. The van der Waals surface area contributed by atoms with E-state index in [1.807, 2.05) is 6.07 Å². The summed E-state index contributed by atoms with van der Waals surface area (Å²) in [6.07, 6.45) is 7.33. The summed E-state index contributed by atoms with van der Waals surface area (Å²) in [5, 5.41) is 1.76. The van der Waals surface area contributed by atoms with Crippen LogP contribution in [0.2, 0.25) is 5.02 Å². The monoisotopic (exact) mass is 288 g/mol. The lowest BCUT2D eigenvalue weighted by atomic mass is 10.0. The zero-order chi connectivity index (χ0) is 10.7. The third-order valence-electron chi connectivity index (χ3n) is 2.87. The normalized spacial score (nSPS) is 21.7. The Morgan fingerprint density at radius 2 is 2.40 bits per heavy atom. The molecule has 0 bridgehead atoms. The predicted octanol–water partition coefficient (Wildman–Crippen LogP) is 3.49. The number of alkyl halides is 1. The van der Waals surface area contributed by atoms with Crippen LogP contribution < -0.4 is 4.90 Å². The van der Waals surface area contributed by atoms with Crippen LogP contribution in [0.15, 0.2) is 18.5 Å². The zero-order valence-electron chi connectivity index (χ0n) is 8.50. The Labute approximate surface area is 104 Å². The summed E-state index contributed by atoms with van der Waals surface area (Å²) in [5.41, 5.74) is 1.12. The number of aromatic nitrogens is 1. The molecule has 0 aliphatic carbocycles. The van der Waals surface area contributed by atoms with Gasteiger partial charge in [0.2, 0.25) is 0 Å². The standard InChI is InChI=1S/C11H14BrClN2/c12-7-9-3-1-2-6-15(9)11-4-5-14-8-10(11)13/h4-5,8-9H,1-3,6-7H2. The second-order valence-corrected chi connectivity index (χ2v) is 4.88. The van der Waals surface area contributed by atoms with Crippen molar-refractivity contribution < 1.29 is 0 Å². The fourth-order valence-corrected chi connectivity index (χ4v) is 2.98. The van der Waals surface area contributed by atoms with Crippen LogP contribution in [-0.2, 0) is 0 Å². The average molecular weight is 290 g/mol. The molecule has 1 fully saturated rings. The van der Waals surface area contributed by atoms with Gasteiger partial charge in [0, 0.05) is 30.3 Å². The summed E-state index contributed by atoms with van der Waals surface area (Å²) in [7, 11) is 0. The predicted molar refractivity (Wildman–Crippen MR) is 68.0 cm³/mol. The maximum atomic E-state index is 6.16. The molecule has 0 N–H and O–H groups in total. The maximum Gasteiger partial charge on any atom is 0.0822 e. The van der Waals surface area contributed by atoms with Crippen LogP contribution in [0.5, 0.6) is 0 Å². The summed E-state index contributed by atoms with van der Waals surface area (Å²) < 4.78 is 0. The van der Waals surface area contributed by atoms with Gasteiger partial charge in [-0.1, -0.05) is 27.5 Å². The highest BCUT2D eigenvalue weighted by Gasteiger charge is 2.22. The molecule has 1 aromatic heterocycles. The second kappa shape index (κ2) is 5.17. The minimum absolute atomic E-state index is 0.568. The van der Waals surface area contributed by atoms with Gasteiger partial charge < -0.3 is 4.90 Å². The first-order valence-electron chi connectivity index (χ1n) is 5.25. The Bertz CT molecular complexity index is 332. The highest BCUT2D eigenvalue weighted by Crippen LogP contribution is 2.30. The lowest BCUT2D eigenvalue weighted by Gasteiger charge is -2.37. The summed E-state index contributed by atoms with van der Waals surface area (Å²) in [6.45, 7) is 1.10. The van der Waals surface area contributed by atoms with E-state index in [0.29, 0.717) is 6.04 Å². The van der Waals surface area contributed by atoms with Crippen LogP contribution >= 0.6 is 27.5 Å². The maximum absolute atomic E-state index is 6.16. The zero-order valence-corrected chi connectivity index (χ0v) is 10.8. The first-order chi connectivity index (χ1) is 7.33. The highest BCUT2D eigenvalue weighted by atomic mass is 79.9. The first-order valence-corrected chi connectivity index (χ1v) is 6.75. The van der Waals surface area contributed by atoms with Crippen molar-refractivity contribution in [3.05, 3.63) is 23.5 Å². The van der Waals surface area contributed by atoms with Crippen molar-refractivity contribution in [3.8, 4) is 0 Å². The molecule has 2 rings (SSSR count). The smallest absolute Gasteiger partial charge is 0.0822 e. The molecule has 2 nitrogen and oxygen atoms in total. The number of nitrogens with zero attached hydrogens (tertiary/aromatic N) is 2. The molecule has 1 aromatic rings. The van der Waals surface area contributed by atoms with E-state index in [2.05, 4.69) is 25.8 Å². The molecular formula is C11H14BrClN2. The molecule has 2 heterocycles. The molecule has 0 spiro atoms. The molecule has 1 unspecified atom stereocenters. The average Bonchev–Trinajstić information content (AvgIpc) is 2.30. The van der Waals surface area contributed by atoms with Crippen LogP contribution in [0.25, 0.3) is 0 Å². The fourth-order valence-electron chi connectivity index (χ4n) is 2.08. The van der Waals surface area contributed by atoms with Crippen LogP contribution in [0.1, 0.15) is 19.3 Å². The van der Waals surface area contributed by atoms with E-state index in [1.165, 1.54) is 19.3 Å². The summed E-state index contributed by atoms with van der Waals surface area (Å²) in [6, 6.07) is 2.57. The number of anilines is 1. The van der Waals surface area contributed by atoms with Gasteiger partial charge in [0.1, 0.15) is 0 Å². The Balaban J connectivity index is 2.24. The molecular weight excluding hydrogens is 275 g/mol. The Kier molecular flexibility index (Phi) is 3.87. The minimum Gasteiger partial charge on any atom is -0.366 e. The van der Waals surface area contributed by atoms with E-state index in [4.69, 9.17) is 11.6 Å². The number of hydrogen-bond donors (Lipinski definition) is 0. The van der Waals surface area contributed by atoms with E-state index >= 15 is 0 Å². The molecule has 0 amide bonds. The summed E-state index contributed by atoms with van der Waals surface area (Å²) in [4.78, 5) is 6.41. The van der Waals surface area contributed by atoms with Crippen LogP contribution in [-0.4, -0.2) is 22.9 Å². The molecule has 82 valence electrons. The fraction of sp³-hybridized carbons (Fsp3) is 0.545. The summed E-state index contributed by atoms with van der Waals surface area (Å²) in [5.74, 6) is 0. The van der Waals surface area contributed by atoms with E-state index in [1.54, 1.807) is 12.4 Å². The van der Waals surface area contributed by atoms with Gasteiger partial charge in [-0.25, -0.2) is 0 Å². The lowest BCUT2D eigenvalue weighted by molar-refractivity contribution is 0.491. The number of hydrogen-bond acceptors (Lipinski definition) is 2. The van der Waals surface area contributed by atoms with Crippen LogP contribution in [0.4, 0.5) is 5.69 Å². The van der Waals surface area contributed by atoms with Gasteiger partial charge in [-0.05, 0) is 25.3 Å². The van der Waals surface area contributed by atoms with E-state index in [9.17, 15) is 0 Å². The Morgan fingerprint density at radius 3 is 3.13 bits per heavy atom. The molecule has 4 heteroatoms. The third kappa shape index (κ3) is 2.45. The minimum atomic E-state index is 0.568. The molecule has 1 saturated heterocycles. The molecule has 1 atom stereocenters. The second-order valence-electron chi connectivity index (χ2n) is 3.82. The van der Waals surface area contributed by atoms with Gasteiger partial charge in [0.05, 0.1) is 10.7 Å². The number of piperidine rings is 1. The highest BCUT2D eigenvalue weighted by molar-refractivity contribution is 9.09. The largest absolute Gasteiger partial charge is 0.366 e. The van der Waals surface area contributed by atoms with Crippen molar-refractivity contribution >= 4 is 33.2 Å². The Morgan fingerprint density at radius 1 is 1.53 bits per heavy atom. The number of halogens is 2. The quantitative estimate of drug-likeness (QED) is 0.775.